The molecule has 1 saturated heterocycles. The molecule has 8 nitrogen and oxygen atoms in total. The van der Waals surface area contributed by atoms with E-state index < -0.39 is 33.9 Å². The number of carbonyl (C=O) groups is 2. The molecule has 1 aliphatic heterocycles. The summed E-state index contributed by atoms with van der Waals surface area (Å²) >= 11 is 0. The average Bonchev–Trinajstić information content (AvgIpc) is 2.34. The monoisotopic (exact) mass is 294 g/mol. The number of aliphatic carboxylic acids is 1. The van der Waals surface area contributed by atoms with Crippen molar-refractivity contribution in [3.05, 3.63) is 0 Å². The lowest BCUT2D eigenvalue weighted by Gasteiger charge is -2.30. The van der Waals surface area contributed by atoms with E-state index in [1.807, 2.05) is 0 Å². The number of carbonyl (C=O) groups excluding carboxylic acids is 1. The van der Waals surface area contributed by atoms with E-state index in [1.165, 1.54) is 4.31 Å². The second-order valence-corrected chi connectivity index (χ2v) is 6.54. The van der Waals surface area contributed by atoms with Gasteiger partial charge in [-0.1, -0.05) is 0 Å². The van der Waals surface area contributed by atoms with Crippen LogP contribution in [0, 0.1) is 5.92 Å². The van der Waals surface area contributed by atoms with E-state index in [2.05, 4.69) is 5.32 Å². The van der Waals surface area contributed by atoms with Crippen molar-refractivity contribution < 1.29 is 28.2 Å². The molecule has 0 radical (unpaired) electrons. The number of carboxylic acids is 1. The molecule has 0 aromatic carbocycles. The topological polar surface area (TPSA) is 124 Å². The van der Waals surface area contributed by atoms with E-state index in [1.54, 1.807) is 0 Å². The first-order valence-corrected chi connectivity index (χ1v) is 7.70. The fourth-order valence-electron chi connectivity index (χ4n) is 1.89. The molecule has 0 aliphatic carbocycles. The summed E-state index contributed by atoms with van der Waals surface area (Å²) in [5.74, 6) is -2.36. The summed E-state index contributed by atoms with van der Waals surface area (Å²) in [5.41, 5.74) is 0. The molecule has 1 amide bonds. The van der Waals surface area contributed by atoms with E-state index in [4.69, 9.17) is 10.2 Å². The summed E-state index contributed by atoms with van der Waals surface area (Å²) in [5, 5.41) is 19.8. The van der Waals surface area contributed by atoms with Crippen LogP contribution in [0.25, 0.3) is 0 Å². The van der Waals surface area contributed by atoms with Gasteiger partial charge in [0.1, 0.15) is 0 Å². The molecule has 3 N–H and O–H groups in total. The third kappa shape index (κ3) is 4.77. The minimum Gasteiger partial charge on any atom is -0.479 e. The first-order chi connectivity index (χ1) is 8.71. The Labute approximate surface area is 111 Å². The predicted octanol–water partition coefficient (Wildman–Crippen LogP) is -1.78. The van der Waals surface area contributed by atoms with E-state index in [0.717, 1.165) is 6.26 Å². The van der Waals surface area contributed by atoms with Crippen molar-refractivity contribution in [2.75, 3.05) is 25.9 Å². The van der Waals surface area contributed by atoms with Gasteiger partial charge in [0.05, 0.1) is 18.7 Å². The van der Waals surface area contributed by atoms with Crippen LogP contribution in [0.2, 0.25) is 0 Å². The van der Waals surface area contributed by atoms with Gasteiger partial charge in [-0.15, -0.1) is 0 Å². The smallest absolute Gasteiger partial charge is 0.334 e. The minimum absolute atomic E-state index is 0.0911. The summed E-state index contributed by atoms with van der Waals surface area (Å²) in [6, 6.07) is 0. The molecule has 1 fully saturated rings. The number of hydrogen-bond acceptors (Lipinski definition) is 5. The van der Waals surface area contributed by atoms with E-state index in [0.29, 0.717) is 19.4 Å². The molecular formula is C10H18N2O6S. The van der Waals surface area contributed by atoms with Crippen LogP contribution in [0.4, 0.5) is 0 Å². The summed E-state index contributed by atoms with van der Waals surface area (Å²) in [6.45, 7) is 0.0950. The number of piperidine rings is 1. The number of carboxylic acid groups (broad SMARTS) is 1. The van der Waals surface area contributed by atoms with Gasteiger partial charge in [-0.05, 0) is 12.8 Å². The molecule has 0 aromatic rings. The summed E-state index contributed by atoms with van der Waals surface area (Å²) in [6.07, 6.45) is 0.549. The molecule has 1 heterocycles. The van der Waals surface area contributed by atoms with Gasteiger partial charge < -0.3 is 15.5 Å². The van der Waals surface area contributed by atoms with Crippen LogP contribution < -0.4 is 5.32 Å². The van der Waals surface area contributed by atoms with Crippen molar-refractivity contribution in [3.63, 3.8) is 0 Å². The molecule has 9 heteroatoms. The van der Waals surface area contributed by atoms with Gasteiger partial charge in [0.25, 0.3) is 0 Å². The molecular weight excluding hydrogens is 276 g/mol. The van der Waals surface area contributed by atoms with Crippen LogP contribution >= 0.6 is 0 Å². The Morgan fingerprint density at radius 1 is 1.47 bits per heavy atom. The van der Waals surface area contributed by atoms with Gasteiger partial charge in [0.2, 0.25) is 15.9 Å². The van der Waals surface area contributed by atoms with Crippen LogP contribution in [0.15, 0.2) is 0 Å². The number of aliphatic hydroxyl groups excluding tert-OH is 1. The van der Waals surface area contributed by atoms with Crippen LogP contribution in [-0.4, -0.2) is 66.8 Å². The third-order valence-corrected chi connectivity index (χ3v) is 4.25. The predicted molar refractivity (Wildman–Crippen MR) is 65.8 cm³/mol. The number of nitrogens with zero attached hydrogens (tertiary/aromatic N) is 1. The van der Waals surface area contributed by atoms with Crippen LogP contribution in [0.1, 0.15) is 12.8 Å². The minimum atomic E-state index is -3.33. The second-order valence-electron chi connectivity index (χ2n) is 4.56. The van der Waals surface area contributed by atoms with Gasteiger partial charge in [-0.2, -0.15) is 0 Å². The standard InChI is InChI=1S/C10H18N2O6S/c1-19(17,18)12-4-2-3-7(6-12)9(14)11-5-8(13)10(15)16/h7-8,13H,2-6H2,1H3,(H,11,14)(H,15,16). The maximum Gasteiger partial charge on any atom is 0.334 e. The Balaban J connectivity index is 2.51. The molecule has 2 unspecified atom stereocenters. The first-order valence-electron chi connectivity index (χ1n) is 5.85. The summed E-state index contributed by atoms with van der Waals surface area (Å²) in [7, 11) is -3.33. The number of hydrogen-bond donors (Lipinski definition) is 3. The average molecular weight is 294 g/mol. The number of rotatable bonds is 5. The van der Waals surface area contributed by atoms with Crippen molar-refractivity contribution in [3.8, 4) is 0 Å². The normalized spacial score (nSPS) is 22.7. The van der Waals surface area contributed by atoms with Gasteiger partial charge >= 0.3 is 5.97 Å². The molecule has 2 atom stereocenters. The van der Waals surface area contributed by atoms with Crippen molar-refractivity contribution in [1.82, 2.24) is 9.62 Å². The van der Waals surface area contributed by atoms with Gasteiger partial charge in [-0.3, -0.25) is 4.79 Å². The molecule has 1 rings (SSSR count). The van der Waals surface area contributed by atoms with E-state index in [-0.39, 0.29) is 13.1 Å². The Bertz CT molecular complexity index is 449. The molecule has 0 saturated carbocycles. The maximum atomic E-state index is 11.8. The van der Waals surface area contributed by atoms with E-state index >= 15 is 0 Å². The molecule has 0 bridgehead atoms. The van der Waals surface area contributed by atoms with Gasteiger partial charge in [0, 0.05) is 13.1 Å². The third-order valence-electron chi connectivity index (χ3n) is 2.98. The molecule has 110 valence electrons. The van der Waals surface area contributed by atoms with Crippen LogP contribution in [0.3, 0.4) is 0 Å². The SMILES string of the molecule is CS(=O)(=O)N1CCCC(C(=O)NCC(O)C(=O)O)C1. The quantitative estimate of drug-likeness (QED) is 0.550. The Morgan fingerprint density at radius 2 is 2.11 bits per heavy atom. The highest BCUT2D eigenvalue weighted by Gasteiger charge is 2.30. The number of nitrogens with one attached hydrogen (secondary N) is 1. The van der Waals surface area contributed by atoms with Crippen LogP contribution in [-0.2, 0) is 19.6 Å². The van der Waals surface area contributed by atoms with Gasteiger partial charge in [-0.25, -0.2) is 17.5 Å². The summed E-state index contributed by atoms with van der Waals surface area (Å²) < 4.78 is 24.0. The lowest BCUT2D eigenvalue weighted by Crippen LogP contribution is -2.46. The lowest BCUT2D eigenvalue weighted by molar-refractivity contribution is -0.146. The first kappa shape index (κ1) is 15.9. The maximum absolute atomic E-state index is 11.8. The Morgan fingerprint density at radius 3 is 2.63 bits per heavy atom. The van der Waals surface area contributed by atoms with Crippen molar-refractivity contribution >= 4 is 21.9 Å². The van der Waals surface area contributed by atoms with Crippen molar-refractivity contribution in [2.45, 2.75) is 18.9 Å². The van der Waals surface area contributed by atoms with Crippen molar-refractivity contribution in [1.29, 1.82) is 0 Å². The molecule has 19 heavy (non-hydrogen) atoms. The number of amides is 1. The number of aliphatic hydroxyl groups is 1. The zero-order valence-electron chi connectivity index (χ0n) is 10.6. The fourth-order valence-corrected chi connectivity index (χ4v) is 2.80. The highest BCUT2D eigenvalue weighted by Crippen LogP contribution is 2.18. The molecule has 1 aliphatic rings. The molecule has 0 spiro atoms. The fraction of sp³-hybridized carbons (Fsp3) is 0.800. The van der Waals surface area contributed by atoms with Crippen LogP contribution in [0.5, 0.6) is 0 Å². The summed E-state index contributed by atoms with van der Waals surface area (Å²) in [4.78, 5) is 22.1. The second kappa shape index (κ2) is 6.31. The highest BCUT2D eigenvalue weighted by molar-refractivity contribution is 7.88. The zero-order chi connectivity index (χ0) is 14.6. The number of sulfonamides is 1. The largest absolute Gasteiger partial charge is 0.479 e. The zero-order valence-corrected chi connectivity index (χ0v) is 11.4. The van der Waals surface area contributed by atoms with E-state index in [9.17, 15) is 18.0 Å². The highest BCUT2D eigenvalue weighted by atomic mass is 32.2. The Hall–Kier alpha value is -1.19. The lowest BCUT2D eigenvalue weighted by atomic mass is 9.99. The Kier molecular flexibility index (Phi) is 5.27. The molecule has 0 aromatic heterocycles. The van der Waals surface area contributed by atoms with Gasteiger partial charge in [0.15, 0.2) is 6.10 Å². The van der Waals surface area contributed by atoms with Crippen molar-refractivity contribution in [2.24, 2.45) is 5.92 Å².